The molecule has 1 aliphatic rings. The number of nitrogens with zero attached hydrogens (tertiary/aromatic N) is 1. The maximum absolute atomic E-state index is 5.66. The van der Waals surface area contributed by atoms with Crippen molar-refractivity contribution in [2.24, 2.45) is 0 Å². The molecule has 0 saturated carbocycles. The first kappa shape index (κ1) is 15.9. The lowest BCUT2D eigenvalue weighted by atomic mass is 9.93. The Morgan fingerprint density at radius 1 is 1.39 bits per heavy atom. The van der Waals surface area contributed by atoms with E-state index >= 15 is 0 Å². The first-order chi connectivity index (χ1) is 8.26. The molecule has 1 N–H and O–H groups in total. The van der Waals surface area contributed by atoms with E-state index in [-0.39, 0.29) is 11.1 Å². The van der Waals surface area contributed by atoms with Crippen LogP contribution in [-0.4, -0.2) is 48.8 Å². The Kier molecular flexibility index (Phi) is 5.63. The molecular formula is C15H32N2O. The van der Waals surface area contributed by atoms with E-state index in [1.807, 2.05) is 7.11 Å². The van der Waals surface area contributed by atoms with Gasteiger partial charge in [0.05, 0.1) is 5.60 Å². The van der Waals surface area contributed by atoms with Gasteiger partial charge in [0.1, 0.15) is 0 Å². The van der Waals surface area contributed by atoms with Crippen LogP contribution in [0, 0.1) is 0 Å². The van der Waals surface area contributed by atoms with Crippen molar-refractivity contribution in [2.75, 3.05) is 26.7 Å². The Bertz CT molecular complexity index is 249. The molecule has 0 bridgehead atoms. The summed E-state index contributed by atoms with van der Waals surface area (Å²) in [5.41, 5.74) is 0.284. The van der Waals surface area contributed by atoms with Crippen LogP contribution in [0.15, 0.2) is 0 Å². The van der Waals surface area contributed by atoms with Gasteiger partial charge >= 0.3 is 0 Å². The van der Waals surface area contributed by atoms with Crippen LogP contribution >= 0.6 is 0 Å². The summed E-state index contributed by atoms with van der Waals surface area (Å²) in [6.45, 7) is 14.6. The van der Waals surface area contributed by atoms with Crippen LogP contribution in [0.2, 0.25) is 0 Å². The quantitative estimate of drug-likeness (QED) is 0.818. The first-order valence-electron chi connectivity index (χ1n) is 7.30. The number of piperidine rings is 1. The molecule has 1 rings (SSSR count). The standard InChI is InChI=1S/C15H32N2O/c1-13(8-10-16-14(2,3)4)17-11-7-9-15(5,12-17)18-6/h13,16H,7-12H2,1-6H3. The topological polar surface area (TPSA) is 24.5 Å². The highest BCUT2D eigenvalue weighted by molar-refractivity contribution is 4.87. The summed E-state index contributed by atoms with van der Waals surface area (Å²) >= 11 is 0. The molecule has 0 aromatic heterocycles. The number of hydrogen-bond acceptors (Lipinski definition) is 3. The number of likely N-dealkylation sites (tertiary alicyclic amines) is 1. The lowest BCUT2D eigenvalue weighted by Gasteiger charge is -2.42. The number of rotatable bonds is 5. The second-order valence-corrected chi connectivity index (χ2v) is 7.04. The van der Waals surface area contributed by atoms with Gasteiger partial charge < -0.3 is 10.1 Å². The third kappa shape index (κ3) is 5.25. The smallest absolute Gasteiger partial charge is 0.0777 e. The number of hydrogen-bond donors (Lipinski definition) is 1. The molecule has 1 heterocycles. The zero-order valence-corrected chi connectivity index (χ0v) is 13.2. The summed E-state index contributed by atoms with van der Waals surface area (Å²) < 4.78 is 5.66. The zero-order valence-electron chi connectivity index (χ0n) is 13.2. The van der Waals surface area contributed by atoms with E-state index in [2.05, 4.69) is 44.8 Å². The van der Waals surface area contributed by atoms with E-state index < -0.39 is 0 Å². The summed E-state index contributed by atoms with van der Waals surface area (Å²) in [6.07, 6.45) is 3.64. The highest BCUT2D eigenvalue weighted by atomic mass is 16.5. The summed E-state index contributed by atoms with van der Waals surface area (Å²) in [7, 11) is 1.84. The van der Waals surface area contributed by atoms with Crippen molar-refractivity contribution in [3.63, 3.8) is 0 Å². The van der Waals surface area contributed by atoms with Crippen molar-refractivity contribution < 1.29 is 4.74 Å². The predicted molar refractivity (Wildman–Crippen MR) is 78.1 cm³/mol. The number of ether oxygens (including phenoxy) is 1. The van der Waals surface area contributed by atoms with Gasteiger partial charge in [-0.1, -0.05) is 0 Å². The van der Waals surface area contributed by atoms with Gasteiger partial charge in [-0.3, -0.25) is 4.90 Å². The van der Waals surface area contributed by atoms with E-state index in [9.17, 15) is 0 Å². The summed E-state index contributed by atoms with van der Waals surface area (Å²) in [6, 6.07) is 0.634. The van der Waals surface area contributed by atoms with Gasteiger partial charge in [-0.15, -0.1) is 0 Å². The van der Waals surface area contributed by atoms with Gasteiger partial charge in [0.25, 0.3) is 0 Å². The van der Waals surface area contributed by atoms with Gasteiger partial charge in [0, 0.05) is 25.2 Å². The maximum atomic E-state index is 5.66. The van der Waals surface area contributed by atoms with Gasteiger partial charge in [-0.25, -0.2) is 0 Å². The zero-order chi connectivity index (χ0) is 13.8. The monoisotopic (exact) mass is 256 g/mol. The van der Waals surface area contributed by atoms with Crippen LogP contribution in [0.1, 0.15) is 53.9 Å². The molecule has 0 amide bonds. The highest BCUT2D eigenvalue weighted by Gasteiger charge is 2.32. The molecule has 18 heavy (non-hydrogen) atoms. The Hall–Kier alpha value is -0.120. The van der Waals surface area contributed by atoms with Gasteiger partial charge in [-0.2, -0.15) is 0 Å². The van der Waals surface area contributed by atoms with Crippen LogP contribution in [0.4, 0.5) is 0 Å². The molecule has 0 aromatic rings. The summed E-state index contributed by atoms with van der Waals surface area (Å²) in [4.78, 5) is 2.58. The maximum Gasteiger partial charge on any atom is 0.0777 e. The van der Waals surface area contributed by atoms with Crippen LogP contribution in [0.5, 0.6) is 0 Å². The second kappa shape index (κ2) is 6.36. The molecule has 0 radical (unpaired) electrons. The van der Waals surface area contributed by atoms with E-state index in [0.717, 1.165) is 13.1 Å². The minimum absolute atomic E-state index is 0.0595. The fourth-order valence-corrected chi connectivity index (χ4v) is 2.63. The van der Waals surface area contributed by atoms with Crippen molar-refractivity contribution >= 4 is 0 Å². The van der Waals surface area contributed by atoms with Gasteiger partial charge in [0.2, 0.25) is 0 Å². The van der Waals surface area contributed by atoms with E-state index in [4.69, 9.17) is 4.74 Å². The average Bonchev–Trinajstić information content (AvgIpc) is 2.27. The van der Waals surface area contributed by atoms with Crippen molar-refractivity contribution in [3.8, 4) is 0 Å². The normalized spacial score (nSPS) is 28.3. The Morgan fingerprint density at radius 3 is 2.61 bits per heavy atom. The van der Waals surface area contributed by atoms with E-state index in [1.165, 1.54) is 25.8 Å². The molecule has 3 heteroatoms. The molecule has 1 fully saturated rings. The van der Waals surface area contributed by atoms with E-state index in [0.29, 0.717) is 6.04 Å². The van der Waals surface area contributed by atoms with Crippen LogP contribution in [0.25, 0.3) is 0 Å². The Morgan fingerprint density at radius 2 is 2.06 bits per heavy atom. The summed E-state index contributed by atoms with van der Waals surface area (Å²) in [5, 5.41) is 3.57. The largest absolute Gasteiger partial charge is 0.377 e. The van der Waals surface area contributed by atoms with Crippen molar-refractivity contribution in [2.45, 2.75) is 71.1 Å². The minimum atomic E-state index is 0.0595. The molecule has 3 nitrogen and oxygen atoms in total. The van der Waals surface area contributed by atoms with Gasteiger partial charge in [0.15, 0.2) is 0 Å². The Balaban J connectivity index is 2.35. The lowest BCUT2D eigenvalue weighted by molar-refractivity contribution is -0.0602. The molecule has 1 aliphatic heterocycles. The molecule has 0 spiro atoms. The van der Waals surface area contributed by atoms with Crippen molar-refractivity contribution in [1.82, 2.24) is 10.2 Å². The van der Waals surface area contributed by atoms with Crippen LogP contribution in [0.3, 0.4) is 0 Å². The average molecular weight is 256 g/mol. The minimum Gasteiger partial charge on any atom is -0.377 e. The SMILES string of the molecule is COC1(C)CCCN(C(C)CCNC(C)(C)C)C1. The predicted octanol–water partition coefficient (Wildman–Crippen LogP) is 2.65. The summed E-state index contributed by atoms with van der Waals surface area (Å²) in [5.74, 6) is 0. The lowest BCUT2D eigenvalue weighted by Crippen LogP contribution is -2.51. The molecule has 0 aromatic carbocycles. The van der Waals surface area contributed by atoms with Gasteiger partial charge in [-0.05, 0) is 67.0 Å². The molecule has 2 unspecified atom stereocenters. The van der Waals surface area contributed by atoms with Crippen molar-refractivity contribution in [3.05, 3.63) is 0 Å². The van der Waals surface area contributed by atoms with Crippen LogP contribution in [-0.2, 0) is 4.74 Å². The molecule has 108 valence electrons. The molecule has 2 atom stereocenters. The molecule has 0 aliphatic carbocycles. The number of methoxy groups -OCH3 is 1. The second-order valence-electron chi connectivity index (χ2n) is 7.04. The fourth-order valence-electron chi connectivity index (χ4n) is 2.63. The molecular weight excluding hydrogens is 224 g/mol. The third-order valence-electron chi connectivity index (χ3n) is 4.02. The molecule has 1 saturated heterocycles. The van der Waals surface area contributed by atoms with Crippen LogP contribution < -0.4 is 5.32 Å². The number of nitrogens with one attached hydrogen (secondary N) is 1. The fraction of sp³-hybridized carbons (Fsp3) is 1.00. The highest BCUT2D eigenvalue weighted by Crippen LogP contribution is 2.25. The first-order valence-corrected chi connectivity index (χ1v) is 7.30. The van der Waals surface area contributed by atoms with E-state index in [1.54, 1.807) is 0 Å². The Labute approximate surface area is 113 Å². The van der Waals surface area contributed by atoms with Crippen molar-refractivity contribution in [1.29, 1.82) is 0 Å². The third-order valence-corrected chi connectivity index (χ3v) is 4.02.